The molecule has 9 nitrogen and oxygen atoms in total. The molecule has 1 N–H and O–H groups in total. The van der Waals surface area contributed by atoms with Crippen LogP contribution in [-0.4, -0.2) is 84.9 Å². The molecule has 0 saturated carbocycles. The van der Waals surface area contributed by atoms with E-state index in [9.17, 15) is 13.2 Å². The van der Waals surface area contributed by atoms with E-state index in [0.29, 0.717) is 26.2 Å². The van der Waals surface area contributed by atoms with Crippen molar-refractivity contribution in [2.75, 3.05) is 50.4 Å². The Bertz CT molecular complexity index is 988. The van der Waals surface area contributed by atoms with Gasteiger partial charge in [0.2, 0.25) is 21.1 Å². The number of anilines is 1. The van der Waals surface area contributed by atoms with Crippen LogP contribution in [0.5, 0.6) is 0 Å². The summed E-state index contributed by atoms with van der Waals surface area (Å²) in [7, 11) is -3.39. The van der Waals surface area contributed by atoms with E-state index in [2.05, 4.69) is 15.5 Å². The second kappa shape index (κ2) is 10.9. The third-order valence-corrected chi connectivity index (χ3v) is 9.26. The van der Waals surface area contributed by atoms with Crippen LogP contribution in [0, 0.1) is 0 Å². The summed E-state index contributed by atoms with van der Waals surface area (Å²) in [6, 6.07) is 9.15. The van der Waals surface area contributed by atoms with Crippen molar-refractivity contribution in [1.29, 1.82) is 0 Å². The molecule has 2 fully saturated rings. The second-order valence-corrected chi connectivity index (χ2v) is 11.9. The molecule has 12 heteroatoms. The number of nitrogens with one attached hydrogen (secondary N) is 1. The van der Waals surface area contributed by atoms with Crippen molar-refractivity contribution in [3.05, 3.63) is 35.9 Å². The van der Waals surface area contributed by atoms with Crippen LogP contribution in [0.4, 0.5) is 5.13 Å². The van der Waals surface area contributed by atoms with Gasteiger partial charge < -0.3 is 15.0 Å². The Hall–Kier alpha value is -1.73. The van der Waals surface area contributed by atoms with Crippen molar-refractivity contribution in [2.24, 2.45) is 0 Å². The highest BCUT2D eigenvalue weighted by Gasteiger charge is 2.29. The first-order valence-electron chi connectivity index (χ1n) is 10.6. The molecule has 1 aromatic carbocycles. The topological polar surface area (TPSA) is 105 Å². The molecule has 0 bridgehead atoms. The Morgan fingerprint density at radius 3 is 2.69 bits per heavy atom. The lowest BCUT2D eigenvalue weighted by molar-refractivity contribution is -0.129. The summed E-state index contributed by atoms with van der Waals surface area (Å²) in [5.41, 5.74) is 0.768. The van der Waals surface area contributed by atoms with Crippen molar-refractivity contribution in [3.63, 3.8) is 0 Å². The van der Waals surface area contributed by atoms with E-state index < -0.39 is 10.0 Å². The SMILES string of the molecule is O=C(CSc1nnc(NCC2CCCO2)s1)N1CCN(S(=O)(=O)Cc2ccccc2)CC1. The van der Waals surface area contributed by atoms with Gasteiger partial charge in [-0.1, -0.05) is 53.4 Å². The largest absolute Gasteiger partial charge is 0.376 e. The zero-order chi connectivity index (χ0) is 22.4. The summed E-state index contributed by atoms with van der Waals surface area (Å²) < 4.78 is 33.1. The van der Waals surface area contributed by atoms with Crippen LogP contribution in [0.15, 0.2) is 34.7 Å². The van der Waals surface area contributed by atoms with Gasteiger partial charge in [0.25, 0.3) is 0 Å². The van der Waals surface area contributed by atoms with Crippen LogP contribution in [0.1, 0.15) is 18.4 Å². The van der Waals surface area contributed by atoms with Gasteiger partial charge in [0, 0.05) is 39.3 Å². The van der Waals surface area contributed by atoms with Crippen LogP contribution < -0.4 is 5.32 Å². The van der Waals surface area contributed by atoms with Gasteiger partial charge in [-0.3, -0.25) is 4.79 Å². The molecule has 1 atom stereocenters. The highest BCUT2D eigenvalue weighted by Crippen LogP contribution is 2.26. The van der Waals surface area contributed by atoms with Crippen LogP contribution in [0.25, 0.3) is 0 Å². The average molecular weight is 498 g/mol. The minimum Gasteiger partial charge on any atom is -0.376 e. The molecular weight excluding hydrogens is 470 g/mol. The van der Waals surface area contributed by atoms with Crippen LogP contribution >= 0.6 is 23.1 Å². The van der Waals surface area contributed by atoms with E-state index in [-0.39, 0.29) is 23.5 Å². The van der Waals surface area contributed by atoms with Crippen molar-refractivity contribution < 1.29 is 17.9 Å². The Labute approximate surface area is 196 Å². The number of hydrogen-bond donors (Lipinski definition) is 1. The first-order chi connectivity index (χ1) is 15.5. The van der Waals surface area contributed by atoms with Crippen LogP contribution in [0.3, 0.4) is 0 Å². The zero-order valence-electron chi connectivity index (χ0n) is 17.7. The molecule has 3 heterocycles. The lowest BCUT2D eigenvalue weighted by Gasteiger charge is -2.34. The second-order valence-electron chi connectivity index (χ2n) is 7.70. The number of carbonyl (C=O) groups is 1. The minimum atomic E-state index is -3.39. The summed E-state index contributed by atoms with van der Waals surface area (Å²) in [5.74, 6) is 0.230. The smallest absolute Gasteiger partial charge is 0.233 e. The molecule has 4 rings (SSSR count). The van der Waals surface area contributed by atoms with E-state index in [1.807, 2.05) is 30.3 Å². The number of ether oxygens (including phenoxy) is 1. The number of carbonyl (C=O) groups excluding carboxylic acids is 1. The predicted octanol–water partition coefficient (Wildman–Crippen LogP) is 1.90. The highest BCUT2D eigenvalue weighted by atomic mass is 32.2. The maximum Gasteiger partial charge on any atom is 0.233 e. The maximum absolute atomic E-state index is 12.7. The molecule has 0 aliphatic carbocycles. The number of nitrogens with zero attached hydrogens (tertiary/aromatic N) is 4. The predicted molar refractivity (Wildman–Crippen MR) is 125 cm³/mol. The first-order valence-corrected chi connectivity index (χ1v) is 14.0. The zero-order valence-corrected chi connectivity index (χ0v) is 20.1. The van der Waals surface area contributed by atoms with E-state index >= 15 is 0 Å². The fraction of sp³-hybridized carbons (Fsp3) is 0.550. The molecular formula is C20H27N5O4S3. The van der Waals surface area contributed by atoms with Gasteiger partial charge in [0.05, 0.1) is 17.6 Å². The Kier molecular flexibility index (Phi) is 8.00. The van der Waals surface area contributed by atoms with Crippen molar-refractivity contribution in [2.45, 2.75) is 29.0 Å². The normalized spacial score (nSPS) is 19.9. The quantitative estimate of drug-likeness (QED) is 0.524. The standard InChI is InChI=1S/C20H27N5O4S3/c26-18(14-30-20-23-22-19(31-20)21-13-17-7-4-12-29-17)24-8-10-25(11-9-24)32(27,28)15-16-5-2-1-3-6-16/h1-3,5-6,17H,4,7-15H2,(H,21,22). The van der Waals surface area contributed by atoms with Gasteiger partial charge in [-0.15, -0.1) is 10.2 Å². The highest BCUT2D eigenvalue weighted by molar-refractivity contribution is 8.01. The third kappa shape index (κ3) is 6.41. The molecule has 1 aromatic heterocycles. The van der Waals surface area contributed by atoms with Crippen molar-refractivity contribution >= 4 is 44.2 Å². The van der Waals surface area contributed by atoms with E-state index in [1.54, 1.807) is 4.90 Å². The Balaban J connectivity index is 1.19. The number of piperazine rings is 1. The van der Waals surface area contributed by atoms with Crippen molar-refractivity contribution in [3.8, 4) is 0 Å². The van der Waals surface area contributed by atoms with E-state index in [1.165, 1.54) is 27.4 Å². The lowest BCUT2D eigenvalue weighted by atomic mass is 10.2. The number of sulfonamides is 1. The lowest BCUT2D eigenvalue weighted by Crippen LogP contribution is -2.51. The number of thioether (sulfide) groups is 1. The Morgan fingerprint density at radius 1 is 1.19 bits per heavy atom. The molecule has 174 valence electrons. The molecule has 2 saturated heterocycles. The van der Waals surface area contributed by atoms with Crippen LogP contribution in [0.2, 0.25) is 0 Å². The molecule has 2 aliphatic rings. The summed E-state index contributed by atoms with van der Waals surface area (Å²) >= 11 is 2.79. The van der Waals surface area contributed by atoms with E-state index in [4.69, 9.17) is 4.74 Å². The monoisotopic (exact) mass is 497 g/mol. The van der Waals surface area contributed by atoms with Gasteiger partial charge in [0.1, 0.15) is 0 Å². The number of hydrogen-bond acceptors (Lipinski definition) is 9. The van der Waals surface area contributed by atoms with E-state index in [0.717, 1.165) is 41.0 Å². The fourth-order valence-corrected chi connectivity index (χ4v) is 6.83. The van der Waals surface area contributed by atoms with Gasteiger partial charge in [-0.25, -0.2) is 8.42 Å². The molecule has 0 radical (unpaired) electrons. The summed E-state index contributed by atoms with van der Waals surface area (Å²) in [4.78, 5) is 14.3. The Morgan fingerprint density at radius 2 is 1.97 bits per heavy atom. The number of amides is 1. The molecule has 1 unspecified atom stereocenters. The molecule has 32 heavy (non-hydrogen) atoms. The maximum atomic E-state index is 12.7. The average Bonchev–Trinajstić information content (AvgIpc) is 3.48. The minimum absolute atomic E-state index is 0.0147. The van der Waals surface area contributed by atoms with Gasteiger partial charge in [-0.05, 0) is 18.4 Å². The van der Waals surface area contributed by atoms with Crippen LogP contribution in [-0.2, 0) is 25.3 Å². The first kappa shape index (κ1) is 23.4. The third-order valence-electron chi connectivity index (χ3n) is 5.41. The number of benzene rings is 1. The molecule has 1 amide bonds. The molecule has 2 aliphatic heterocycles. The summed E-state index contributed by atoms with van der Waals surface area (Å²) in [6.07, 6.45) is 2.38. The van der Waals surface area contributed by atoms with Gasteiger partial charge in [0.15, 0.2) is 4.34 Å². The van der Waals surface area contributed by atoms with Gasteiger partial charge >= 0.3 is 0 Å². The fourth-order valence-electron chi connectivity index (χ4n) is 3.65. The molecule has 0 spiro atoms. The number of aromatic nitrogens is 2. The molecule has 2 aromatic rings. The summed E-state index contributed by atoms with van der Waals surface area (Å²) in [5, 5.41) is 12.2. The summed E-state index contributed by atoms with van der Waals surface area (Å²) in [6.45, 7) is 2.98. The van der Waals surface area contributed by atoms with Gasteiger partial charge in [-0.2, -0.15) is 4.31 Å². The number of rotatable bonds is 9. The van der Waals surface area contributed by atoms with Crippen molar-refractivity contribution in [1.82, 2.24) is 19.4 Å².